The van der Waals surface area contributed by atoms with Crippen LogP contribution >= 0.6 is 0 Å². The molecule has 7 heteroatoms. The number of nitrogens with two attached hydrogens (primary N) is 1. The summed E-state index contributed by atoms with van der Waals surface area (Å²) in [6.07, 6.45) is 2.05. The molecule has 1 fully saturated rings. The molecule has 19 heavy (non-hydrogen) atoms. The molecule has 0 aromatic carbocycles. The minimum atomic E-state index is -0.677. The largest absolute Gasteiger partial charge is 0.394 e. The van der Waals surface area contributed by atoms with Crippen LogP contribution in [0, 0.1) is 6.92 Å². The van der Waals surface area contributed by atoms with Crippen molar-refractivity contribution < 1.29 is 14.9 Å². The third-order valence-electron chi connectivity index (χ3n) is 3.47. The van der Waals surface area contributed by atoms with Crippen molar-refractivity contribution in [1.29, 1.82) is 0 Å². The first kappa shape index (κ1) is 12.3. The van der Waals surface area contributed by atoms with Crippen LogP contribution in [0.2, 0.25) is 0 Å². The molecule has 102 valence electrons. The Labute approximate surface area is 109 Å². The van der Waals surface area contributed by atoms with E-state index in [1.54, 1.807) is 4.57 Å². The number of aromatic nitrogens is 3. The van der Waals surface area contributed by atoms with E-state index in [4.69, 9.17) is 15.6 Å². The summed E-state index contributed by atoms with van der Waals surface area (Å²) in [4.78, 5) is 8.18. The second-order valence-corrected chi connectivity index (χ2v) is 4.81. The van der Waals surface area contributed by atoms with E-state index >= 15 is 0 Å². The standard InChI is InChI=1S/C12H16N4O3/c1-6-3-16(11-9(6)10(13)14-5-15-11)12-8(18)2-7(4-17)19-12/h3,5,7-8,12,17-18H,2,4H2,1H3,(H2,13,14,15)/t7-,8+,12+/m0/s1. The normalized spacial score (nSPS) is 27.2. The first-order chi connectivity index (χ1) is 9.11. The van der Waals surface area contributed by atoms with E-state index in [0.717, 1.165) is 10.9 Å². The van der Waals surface area contributed by atoms with Gasteiger partial charge in [-0.3, -0.25) is 0 Å². The van der Waals surface area contributed by atoms with Gasteiger partial charge in [0.25, 0.3) is 0 Å². The highest BCUT2D eigenvalue weighted by Gasteiger charge is 2.35. The molecule has 1 aliphatic heterocycles. The van der Waals surface area contributed by atoms with E-state index < -0.39 is 12.3 Å². The minimum Gasteiger partial charge on any atom is -0.394 e. The van der Waals surface area contributed by atoms with Crippen molar-refractivity contribution in [2.24, 2.45) is 0 Å². The van der Waals surface area contributed by atoms with E-state index in [1.807, 2.05) is 13.1 Å². The van der Waals surface area contributed by atoms with Crippen LogP contribution in [0.3, 0.4) is 0 Å². The zero-order chi connectivity index (χ0) is 13.6. The molecule has 0 radical (unpaired) electrons. The Balaban J connectivity index is 2.09. The zero-order valence-electron chi connectivity index (χ0n) is 10.5. The van der Waals surface area contributed by atoms with Crippen molar-refractivity contribution in [2.45, 2.75) is 31.8 Å². The van der Waals surface area contributed by atoms with Gasteiger partial charge < -0.3 is 25.3 Å². The Morgan fingerprint density at radius 2 is 2.32 bits per heavy atom. The van der Waals surface area contributed by atoms with Crippen molar-refractivity contribution in [1.82, 2.24) is 14.5 Å². The lowest BCUT2D eigenvalue weighted by Gasteiger charge is -2.17. The molecule has 0 bridgehead atoms. The molecule has 0 spiro atoms. The summed E-state index contributed by atoms with van der Waals surface area (Å²) in [5.41, 5.74) is 7.41. The van der Waals surface area contributed by atoms with E-state index in [0.29, 0.717) is 17.9 Å². The van der Waals surface area contributed by atoms with Gasteiger partial charge in [-0.1, -0.05) is 0 Å². The molecular formula is C12H16N4O3. The molecule has 4 N–H and O–H groups in total. The fourth-order valence-electron chi connectivity index (χ4n) is 2.59. The van der Waals surface area contributed by atoms with Crippen LogP contribution < -0.4 is 5.73 Å². The molecule has 0 saturated carbocycles. The van der Waals surface area contributed by atoms with Crippen LogP contribution in [0.5, 0.6) is 0 Å². The Hall–Kier alpha value is -1.70. The van der Waals surface area contributed by atoms with Crippen molar-refractivity contribution >= 4 is 16.9 Å². The Bertz CT molecular complexity index is 612. The average molecular weight is 264 g/mol. The number of aryl methyl sites for hydroxylation is 1. The van der Waals surface area contributed by atoms with E-state index in [9.17, 15) is 5.11 Å². The Kier molecular flexibility index (Phi) is 2.89. The molecule has 1 aliphatic rings. The summed E-state index contributed by atoms with van der Waals surface area (Å²) in [5, 5.41) is 19.9. The smallest absolute Gasteiger partial charge is 0.161 e. The summed E-state index contributed by atoms with van der Waals surface area (Å²) < 4.78 is 7.38. The zero-order valence-corrected chi connectivity index (χ0v) is 10.5. The van der Waals surface area contributed by atoms with Crippen molar-refractivity contribution in [3.05, 3.63) is 18.1 Å². The maximum Gasteiger partial charge on any atom is 0.161 e. The monoisotopic (exact) mass is 264 g/mol. The minimum absolute atomic E-state index is 0.108. The highest BCUT2D eigenvalue weighted by Crippen LogP contribution is 2.33. The molecule has 2 aromatic rings. The van der Waals surface area contributed by atoms with Gasteiger partial charge in [-0.15, -0.1) is 0 Å². The fourth-order valence-corrected chi connectivity index (χ4v) is 2.59. The molecule has 3 rings (SSSR count). The van der Waals surface area contributed by atoms with Crippen LogP contribution in [-0.4, -0.2) is 43.6 Å². The van der Waals surface area contributed by atoms with Crippen LogP contribution in [0.1, 0.15) is 18.2 Å². The van der Waals surface area contributed by atoms with Gasteiger partial charge in [-0.25, -0.2) is 9.97 Å². The number of rotatable bonds is 2. The second kappa shape index (κ2) is 4.44. The number of hydrogen-bond donors (Lipinski definition) is 3. The van der Waals surface area contributed by atoms with Crippen LogP contribution in [-0.2, 0) is 4.74 Å². The third-order valence-corrected chi connectivity index (χ3v) is 3.47. The summed E-state index contributed by atoms with van der Waals surface area (Å²) in [5.74, 6) is 0.410. The predicted molar refractivity (Wildman–Crippen MR) is 68.3 cm³/mol. The van der Waals surface area contributed by atoms with Gasteiger partial charge in [0.1, 0.15) is 23.9 Å². The Morgan fingerprint density at radius 3 is 3.00 bits per heavy atom. The SMILES string of the molecule is Cc1cn([C@@H]2O[C@H](CO)C[C@H]2O)c2ncnc(N)c12. The Morgan fingerprint density at radius 1 is 1.53 bits per heavy atom. The quantitative estimate of drug-likeness (QED) is 0.703. The van der Waals surface area contributed by atoms with Gasteiger partial charge >= 0.3 is 0 Å². The number of hydrogen-bond acceptors (Lipinski definition) is 6. The molecule has 0 aliphatic carbocycles. The lowest BCUT2D eigenvalue weighted by Crippen LogP contribution is -2.19. The first-order valence-electron chi connectivity index (χ1n) is 6.13. The summed E-state index contributed by atoms with van der Waals surface area (Å²) in [6.45, 7) is 1.80. The first-order valence-corrected chi connectivity index (χ1v) is 6.13. The van der Waals surface area contributed by atoms with Crippen molar-refractivity contribution in [2.75, 3.05) is 12.3 Å². The lowest BCUT2D eigenvalue weighted by atomic mass is 10.2. The number of anilines is 1. The van der Waals surface area contributed by atoms with Gasteiger partial charge in [0.15, 0.2) is 6.23 Å². The fraction of sp³-hybridized carbons (Fsp3) is 0.500. The van der Waals surface area contributed by atoms with Crippen LogP contribution in [0.15, 0.2) is 12.5 Å². The van der Waals surface area contributed by atoms with E-state index in [2.05, 4.69) is 9.97 Å². The third kappa shape index (κ3) is 1.86. The predicted octanol–water partition coefficient (Wildman–Crippen LogP) is -0.0374. The van der Waals surface area contributed by atoms with E-state index in [1.165, 1.54) is 6.33 Å². The topological polar surface area (TPSA) is 106 Å². The molecule has 2 aromatic heterocycles. The maximum absolute atomic E-state index is 10.1. The lowest BCUT2D eigenvalue weighted by molar-refractivity contribution is -0.0484. The van der Waals surface area contributed by atoms with E-state index in [-0.39, 0.29) is 12.7 Å². The molecule has 3 heterocycles. The van der Waals surface area contributed by atoms with Gasteiger partial charge in [-0.2, -0.15) is 0 Å². The summed E-state index contributed by atoms with van der Waals surface area (Å²) in [7, 11) is 0. The average Bonchev–Trinajstić information content (AvgIpc) is 2.91. The summed E-state index contributed by atoms with van der Waals surface area (Å²) in [6, 6.07) is 0. The number of aliphatic hydroxyl groups is 2. The number of nitrogens with zero attached hydrogens (tertiary/aromatic N) is 3. The molecular weight excluding hydrogens is 248 g/mol. The number of ether oxygens (including phenoxy) is 1. The van der Waals surface area contributed by atoms with Gasteiger partial charge in [-0.05, 0) is 12.5 Å². The maximum atomic E-state index is 10.1. The van der Waals surface area contributed by atoms with Gasteiger partial charge in [0.05, 0.1) is 18.1 Å². The number of fused-ring (bicyclic) bond motifs is 1. The highest BCUT2D eigenvalue weighted by atomic mass is 16.5. The molecule has 7 nitrogen and oxygen atoms in total. The molecule has 0 unspecified atom stereocenters. The van der Waals surface area contributed by atoms with Crippen molar-refractivity contribution in [3.8, 4) is 0 Å². The number of aliphatic hydroxyl groups excluding tert-OH is 2. The van der Waals surface area contributed by atoms with Crippen LogP contribution in [0.25, 0.3) is 11.0 Å². The molecule has 0 amide bonds. The van der Waals surface area contributed by atoms with Gasteiger partial charge in [0, 0.05) is 12.6 Å². The highest BCUT2D eigenvalue weighted by molar-refractivity contribution is 5.89. The van der Waals surface area contributed by atoms with Crippen molar-refractivity contribution in [3.63, 3.8) is 0 Å². The second-order valence-electron chi connectivity index (χ2n) is 4.81. The molecule has 1 saturated heterocycles. The molecule has 3 atom stereocenters. The van der Waals surface area contributed by atoms with Crippen LogP contribution in [0.4, 0.5) is 5.82 Å². The number of nitrogen functional groups attached to an aromatic ring is 1. The summed E-state index contributed by atoms with van der Waals surface area (Å²) >= 11 is 0. The van der Waals surface area contributed by atoms with Gasteiger partial charge in [0.2, 0.25) is 0 Å².